The molecule has 0 radical (unpaired) electrons. The lowest BCUT2D eigenvalue weighted by Crippen LogP contribution is -2.24. The predicted octanol–water partition coefficient (Wildman–Crippen LogP) is 1.65. The van der Waals surface area contributed by atoms with Crippen molar-refractivity contribution in [3.8, 4) is 6.07 Å². The molecular weight excluding hydrogens is 188 g/mol. The maximum atomic E-state index is 12.0. The van der Waals surface area contributed by atoms with Crippen LogP contribution in [0.2, 0.25) is 0 Å². The van der Waals surface area contributed by atoms with E-state index < -0.39 is 6.43 Å². The Labute approximate surface area is 80.6 Å². The Hall–Kier alpha value is -1.70. The lowest BCUT2D eigenvalue weighted by atomic mass is 10.3. The zero-order valence-corrected chi connectivity index (χ0v) is 7.61. The molecule has 0 saturated carbocycles. The monoisotopic (exact) mass is 197 g/mol. The third-order valence-corrected chi connectivity index (χ3v) is 1.71. The van der Waals surface area contributed by atoms with Gasteiger partial charge in [-0.25, -0.2) is 13.8 Å². The lowest BCUT2D eigenvalue weighted by Gasteiger charge is -2.18. The molecule has 0 aliphatic rings. The molecule has 0 bridgehead atoms. The first-order valence-electron chi connectivity index (χ1n) is 3.99. The van der Waals surface area contributed by atoms with Crippen LogP contribution < -0.4 is 4.90 Å². The summed E-state index contributed by atoms with van der Waals surface area (Å²) in [5.74, 6) is 0. The predicted molar refractivity (Wildman–Crippen MR) is 48.2 cm³/mol. The van der Waals surface area contributed by atoms with Gasteiger partial charge in [-0.1, -0.05) is 0 Å². The van der Waals surface area contributed by atoms with Gasteiger partial charge in [-0.15, -0.1) is 0 Å². The van der Waals surface area contributed by atoms with E-state index in [2.05, 4.69) is 4.98 Å². The minimum absolute atomic E-state index is 0.226. The van der Waals surface area contributed by atoms with Crippen molar-refractivity contribution in [2.45, 2.75) is 6.43 Å². The molecule has 3 nitrogen and oxygen atoms in total. The van der Waals surface area contributed by atoms with Crippen LogP contribution in [0, 0.1) is 11.3 Å². The van der Waals surface area contributed by atoms with Gasteiger partial charge in [0.05, 0.1) is 6.54 Å². The Bertz CT molecular complexity index is 346. The van der Waals surface area contributed by atoms with E-state index in [1.54, 1.807) is 13.1 Å². The van der Waals surface area contributed by atoms with Gasteiger partial charge in [-0.05, 0) is 12.1 Å². The molecule has 0 fully saturated rings. The molecule has 0 amide bonds. The van der Waals surface area contributed by atoms with Crippen molar-refractivity contribution in [2.24, 2.45) is 0 Å². The normalized spacial score (nSPS) is 9.93. The molecule has 1 aromatic heterocycles. The Kier molecular flexibility index (Phi) is 3.35. The number of pyridine rings is 1. The summed E-state index contributed by atoms with van der Waals surface area (Å²) in [6.45, 7) is -0.352. The molecule has 1 rings (SSSR count). The van der Waals surface area contributed by atoms with Gasteiger partial charge in [0, 0.05) is 18.9 Å². The van der Waals surface area contributed by atoms with E-state index in [1.807, 2.05) is 6.07 Å². The molecule has 0 N–H and O–H groups in total. The van der Waals surface area contributed by atoms with Crippen molar-refractivity contribution < 1.29 is 8.78 Å². The van der Waals surface area contributed by atoms with Crippen molar-refractivity contribution in [1.29, 1.82) is 5.26 Å². The van der Waals surface area contributed by atoms with Crippen molar-refractivity contribution in [2.75, 3.05) is 18.5 Å². The minimum Gasteiger partial charge on any atom is -0.369 e. The molecule has 5 heteroatoms. The minimum atomic E-state index is -2.39. The van der Waals surface area contributed by atoms with Gasteiger partial charge >= 0.3 is 0 Å². The average molecular weight is 197 g/mol. The number of aromatic nitrogens is 1. The first kappa shape index (κ1) is 10.4. The van der Waals surface area contributed by atoms with E-state index in [4.69, 9.17) is 5.26 Å². The van der Waals surface area contributed by atoms with E-state index in [-0.39, 0.29) is 12.2 Å². The summed E-state index contributed by atoms with van der Waals surface area (Å²) in [5, 5.41) is 8.55. The summed E-state index contributed by atoms with van der Waals surface area (Å²) in [7, 11) is 1.54. The van der Waals surface area contributed by atoms with Crippen LogP contribution in [0.25, 0.3) is 0 Å². The van der Waals surface area contributed by atoms with Crippen LogP contribution in [-0.2, 0) is 0 Å². The number of nitriles is 1. The summed E-state index contributed by atoms with van der Waals surface area (Å²) < 4.78 is 24.1. The quantitative estimate of drug-likeness (QED) is 0.739. The maximum absolute atomic E-state index is 12.0. The van der Waals surface area contributed by atoms with Gasteiger partial charge in [-0.3, -0.25) is 0 Å². The average Bonchev–Trinajstić information content (AvgIpc) is 2.17. The maximum Gasteiger partial charge on any atom is 0.255 e. The fraction of sp³-hybridized carbons (Fsp3) is 0.333. The molecule has 0 unspecified atom stereocenters. The molecule has 0 aromatic carbocycles. The van der Waals surface area contributed by atoms with E-state index in [9.17, 15) is 8.78 Å². The molecule has 0 saturated heterocycles. The fourth-order valence-electron chi connectivity index (χ4n) is 1.03. The first-order valence-corrected chi connectivity index (χ1v) is 3.99. The van der Waals surface area contributed by atoms with Crippen LogP contribution in [0.1, 0.15) is 5.69 Å². The zero-order valence-electron chi connectivity index (χ0n) is 7.61. The van der Waals surface area contributed by atoms with Crippen LogP contribution in [0.15, 0.2) is 18.3 Å². The molecule has 1 heterocycles. The standard InChI is InChI=1S/C9H9F2N3/c1-14(6-9(10)11)8-2-3-13-7(4-8)5-12/h2-4,9H,6H2,1H3. The Balaban J connectivity index is 2.80. The zero-order chi connectivity index (χ0) is 10.6. The first-order chi connectivity index (χ1) is 6.63. The van der Waals surface area contributed by atoms with Crippen LogP contribution in [-0.4, -0.2) is 25.0 Å². The Morgan fingerprint density at radius 2 is 2.36 bits per heavy atom. The second-order valence-corrected chi connectivity index (χ2v) is 2.78. The smallest absolute Gasteiger partial charge is 0.255 e. The number of rotatable bonds is 3. The number of halogens is 2. The summed E-state index contributed by atoms with van der Waals surface area (Å²) >= 11 is 0. The van der Waals surface area contributed by atoms with E-state index in [0.717, 1.165) is 0 Å². The highest BCUT2D eigenvalue weighted by Gasteiger charge is 2.08. The molecule has 14 heavy (non-hydrogen) atoms. The van der Waals surface area contributed by atoms with Crippen molar-refractivity contribution >= 4 is 5.69 Å². The van der Waals surface area contributed by atoms with E-state index in [0.29, 0.717) is 5.69 Å². The number of anilines is 1. The van der Waals surface area contributed by atoms with Crippen LogP contribution in [0.5, 0.6) is 0 Å². The van der Waals surface area contributed by atoms with Crippen molar-refractivity contribution in [3.63, 3.8) is 0 Å². The van der Waals surface area contributed by atoms with E-state index in [1.165, 1.54) is 17.2 Å². The molecule has 0 spiro atoms. The van der Waals surface area contributed by atoms with Gasteiger partial charge in [0.2, 0.25) is 0 Å². The third-order valence-electron chi connectivity index (χ3n) is 1.71. The van der Waals surface area contributed by atoms with Crippen LogP contribution >= 0.6 is 0 Å². The van der Waals surface area contributed by atoms with Crippen molar-refractivity contribution in [1.82, 2.24) is 4.98 Å². The topological polar surface area (TPSA) is 39.9 Å². The van der Waals surface area contributed by atoms with Crippen LogP contribution in [0.3, 0.4) is 0 Å². The van der Waals surface area contributed by atoms with Gasteiger partial charge < -0.3 is 4.90 Å². The van der Waals surface area contributed by atoms with Gasteiger partial charge in [0.1, 0.15) is 11.8 Å². The molecule has 0 atom stereocenters. The number of nitrogens with zero attached hydrogens (tertiary/aromatic N) is 3. The van der Waals surface area contributed by atoms with Gasteiger partial charge in [0.25, 0.3) is 6.43 Å². The molecule has 1 aromatic rings. The summed E-state index contributed by atoms with van der Waals surface area (Å²) in [4.78, 5) is 5.13. The number of hydrogen-bond acceptors (Lipinski definition) is 3. The van der Waals surface area contributed by atoms with Gasteiger partial charge in [-0.2, -0.15) is 5.26 Å². The van der Waals surface area contributed by atoms with E-state index >= 15 is 0 Å². The lowest BCUT2D eigenvalue weighted by molar-refractivity contribution is 0.156. The summed E-state index contributed by atoms with van der Waals surface area (Å²) in [5.41, 5.74) is 0.792. The van der Waals surface area contributed by atoms with Crippen molar-refractivity contribution in [3.05, 3.63) is 24.0 Å². The number of alkyl halides is 2. The Morgan fingerprint density at radius 3 is 2.93 bits per heavy atom. The fourth-order valence-corrected chi connectivity index (χ4v) is 1.03. The molecular formula is C9H9F2N3. The molecule has 0 aliphatic heterocycles. The Morgan fingerprint density at radius 1 is 1.64 bits per heavy atom. The number of hydrogen-bond donors (Lipinski definition) is 0. The van der Waals surface area contributed by atoms with Gasteiger partial charge in [0.15, 0.2) is 0 Å². The second-order valence-electron chi connectivity index (χ2n) is 2.78. The highest BCUT2D eigenvalue weighted by molar-refractivity contribution is 5.47. The molecule has 74 valence electrons. The largest absolute Gasteiger partial charge is 0.369 e. The SMILES string of the molecule is CN(CC(F)F)c1ccnc(C#N)c1. The highest BCUT2D eigenvalue weighted by atomic mass is 19.3. The molecule has 0 aliphatic carbocycles. The summed E-state index contributed by atoms with van der Waals surface area (Å²) in [6, 6.07) is 4.91. The third kappa shape index (κ3) is 2.66. The summed E-state index contributed by atoms with van der Waals surface area (Å²) in [6.07, 6.45) is -0.964. The van der Waals surface area contributed by atoms with Crippen LogP contribution in [0.4, 0.5) is 14.5 Å². The highest BCUT2D eigenvalue weighted by Crippen LogP contribution is 2.13. The second kappa shape index (κ2) is 4.51.